The molecule has 72 valence electrons. The van der Waals surface area contributed by atoms with Gasteiger partial charge in [0.05, 0.1) is 11.8 Å². The minimum absolute atomic E-state index is 0.00713. The zero-order valence-corrected chi connectivity index (χ0v) is 7.97. The quantitative estimate of drug-likeness (QED) is 0.650. The maximum atomic E-state index is 10.2. The topological polar surface area (TPSA) is 101 Å². The highest BCUT2D eigenvalue weighted by Crippen LogP contribution is 1.98. The zero-order chi connectivity index (χ0) is 9.78. The molecule has 0 saturated carbocycles. The van der Waals surface area contributed by atoms with Crippen molar-refractivity contribution in [2.24, 2.45) is 4.36 Å². The van der Waals surface area contributed by atoms with Gasteiger partial charge in [0.2, 0.25) is 0 Å². The third kappa shape index (κ3) is 7.63. The summed E-state index contributed by atoms with van der Waals surface area (Å²) in [6.45, 7) is 1.45. The van der Waals surface area contributed by atoms with E-state index >= 15 is 0 Å². The van der Waals surface area contributed by atoms with Gasteiger partial charge in [-0.25, -0.2) is 0 Å². The summed E-state index contributed by atoms with van der Waals surface area (Å²) in [5.74, 6) is -0.477. The van der Waals surface area contributed by atoms with Crippen LogP contribution in [0.3, 0.4) is 0 Å². The minimum atomic E-state index is -4.02. The van der Waals surface area contributed by atoms with E-state index in [4.69, 9.17) is 4.55 Å². The fourth-order valence-corrected chi connectivity index (χ4v) is 1.56. The van der Waals surface area contributed by atoms with Crippen molar-refractivity contribution in [1.29, 1.82) is 0 Å². The van der Waals surface area contributed by atoms with E-state index < -0.39 is 32.4 Å². The van der Waals surface area contributed by atoms with Crippen molar-refractivity contribution in [3.8, 4) is 0 Å². The second-order valence-electron chi connectivity index (χ2n) is 2.25. The minimum Gasteiger partial charge on any atom is -0.286 e. The molecule has 0 aliphatic carbocycles. The Bertz CT molecular complexity index is 345. The summed E-state index contributed by atoms with van der Waals surface area (Å²) in [6.07, 6.45) is -0.00713. The summed E-state index contributed by atoms with van der Waals surface area (Å²) in [7, 11) is -6.54. The van der Waals surface area contributed by atoms with Crippen LogP contribution in [0.25, 0.3) is 0 Å². The lowest BCUT2D eigenvalue weighted by atomic mass is 10.3. The third-order valence-corrected chi connectivity index (χ3v) is 2.34. The second kappa shape index (κ2) is 4.53. The Hall–Kier alpha value is -0.470. The summed E-state index contributed by atoms with van der Waals surface area (Å²) in [5, 5.41) is 0. The van der Waals surface area contributed by atoms with Crippen molar-refractivity contribution in [2.45, 2.75) is 19.4 Å². The first-order valence-corrected chi connectivity index (χ1v) is 5.71. The highest BCUT2D eigenvalue weighted by atomic mass is 32.2. The van der Waals surface area contributed by atoms with Crippen molar-refractivity contribution in [1.82, 2.24) is 0 Å². The molecule has 8 heteroatoms. The fraction of sp³-hybridized carbons (Fsp3) is 1.00. The van der Waals surface area contributed by atoms with Crippen LogP contribution < -0.4 is 0 Å². The molecule has 0 aliphatic rings. The van der Waals surface area contributed by atoms with E-state index in [2.05, 4.69) is 4.36 Å². The van der Waals surface area contributed by atoms with Gasteiger partial charge < -0.3 is 0 Å². The number of hydrogen-bond donors (Lipinski definition) is 1. The SMILES string of the molecule is CC(CCS(=O)(=O)O)N=S(=O)=O. The Labute approximate surface area is 72.1 Å². The Morgan fingerprint density at radius 3 is 2.33 bits per heavy atom. The van der Waals surface area contributed by atoms with Crippen molar-refractivity contribution in [3.63, 3.8) is 0 Å². The van der Waals surface area contributed by atoms with Crippen LogP contribution in [-0.2, 0) is 20.6 Å². The fourth-order valence-electron chi connectivity index (χ4n) is 0.519. The molecule has 0 heterocycles. The van der Waals surface area contributed by atoms with Crippen LogP contribution in [0.4, 0.5) is 0 Å². The molecular weight excluding hydrogens is 206 g/mol. The van der Waals surface area contributed by atoms with E-state index in [0.717, 1.165) is 0 Å². The molecule has 12 heavy (non-hydrogen) atoms. The van der Waals surface area contributed by atoms with E-state index in [-0.39, 0.29) is 6.42 Å². The highest BCUT2D eigenvalue weighted by molar-refractivity contribution is 7.85. The predicted octanol–water partition coefficient (Wildman–Crippen LogP) is -0.284. The molecule has 6 nitrogen and oxygen atoms in total. The van der Waals surface area contributed by atoms with Crippen LogP contribution in [-0.4, -0.2) is 33.2 Å². The van der Waals surface area contributed by atoms with Gasteiger partial charge in [0, 0.05) is 0 Å². The molecule has 0 amide bonds. The second-order valence-corrected chi connectivity index (χ2v) is 4.46. The van der Waals surface area contributed by atoms with E-state index in [1.165, 1.54) is 6.92 Å². The van der Waals surface area contributed by atoms with E-state index in [1.54, 1.807) is 0 Å². The Morgan fingerprint density at radius 2 is 2.00 bits per heavy atom. The summed E-state index contributed by atoms with van der Waals surface area (Å²) in [6, 6.07) is -0.620. The molecule has 1 unspecified atom stereocenters. The van der Waals surface area contributed by atoms with Gasteiger partial charge in [0.15, 0.2) is 0 Å². The van der Waals surface area contributed by atoms with Crippen LogP contribution >= 0.6 is 0 Å². The molecule has 0 bridgehead atoms. The molecule has 0 radical (unpaired) electrons. The van der Waals surface area contributed by atoms with Crippen LogP contribution in [0.5, 0.6) is 0 Å². The molecule has 0 saturated heterocycles. The van der Waals surface area contributed by atoms with Gasteiger partial charge in [-0.05, 0) is 13.3 Å². The van der Waals surface area contributed by atoms with Crippen LogP contribution in [0.2, 0.25) is 0 Å². The molecule has 0 spiro atoms. The largest absolute Gasteiger partial charge is 0.311 e. The standard InChI is InChI=1S/C4H9NO5S2/c1-4(5-11(6)7)2-3-12(8,9)10/h4H,2-3H2,1H3,(H,8,9,10). The molecular formula is C4H9NO5S2. The Kier molecular flexibility index (Phi) is 4.35. The van der Waals surface area contributed by atoms with Crippen molar-refractivity contribution in [2.75, 3.05) is 5.75 Å². The molecule has 0 rings (SSSR count). The van der Waals surface area contributed by atoms with Gasteiger partial charge in [-0.15, -0.1) is 0 Å². The van der Waals surface area contributed by atoms with Crippen LogP contribution in [0.1, 0.15) is 13.3 Å². The number of hydrogen-bond acceptors (Lipinski definition) is 5. The van der Waals surface area contributed by atoms with E-state index in [9.17, 15) is 16.8 Å². The lowest BCUT2D eigenvalue weighted by Gasteiger charge is -1.99. The first-order chi connectivity index (χ1) is 5.31. The molecule has 0 aromatic carbocycles. The summed E-state index contributed by atoms with van der Waals surface area (Å²) >= 11 is 0. The smallest absolute Gasteiger partial charge is 0.286 e. The third-order valence-electron chi connectivity index (χ3n) is 1.06. The van der Waals surface area contributed by atoms with Crippen LogP contribution in [0, 0.1) is 0 Å². The summed E-state index contributed by atoms with van der Waals surface area (Å²) in [4.78, 5) is 0. The van der Waals surface area contributed by atoms with Gasteiger partial charge in [0.1, 0.15) is 0 Å². The van der Waals surface area contributed by atoms with Crippen molar-refractivity contribution < 1.29 is 21.4 Å². The molecule has 1 N–H and O–H groups in total. The van der Waals surface area contributed by atoms with E-state index in [0.29, 0.717) is 0 Å². The number of rotatable bonds is 4. The molecule has 0 aliphatic heterocycles. The maximum Gasteiger partial charge on any atom is 0.311 e. The van der Waals surface area contributed by atoms with Crippen molar-refractivity contribution in [3.05, 3.63) is 0 Å². The highest BCUT2D eigenvalue weighted by Gasteiger charge is 2.08. The van der Waals surface area contributed by atoms with Gasteiger partial charge in [-0.1, -0.05) is 0 Å². The molecule has 0 aromatic heterocycles. The van der Waals surface area contributed by atoms with Gasteiger partial charge >= 0.3 is 10.5 Å². The first kappa shape index (κ1) is 11.5. The van der Waals surface area contributed by atoms with Gasteiger partial charge in [0.25, 0.3) is 10.1 Å². The van der Waals surface area contributed by atoms with Gasteiger partial charge in [-0.3, -0.25) is 4.55 Å². The molecule has 0 fully saturated rings. The zero-order valence-electron chi connectivity index (χ0n) is 6.34. The Morgan fingerprint density at radius 1 is 1.50 bits per heavy atom. The van der Waals surface area contributed by atoms with Crippen molar-refractivity contribution >= 4 is 20.6 Å². The average molecular weight is 215 g/mol. The average Bonchev–Trinajstić information content (AvgIpc) is 1.80. The first-order valence-electron chi connectivity index (χ1n) is 3.06. The van der Waals surface area contributed by atoms with Gasteiger partial charge in [-0.2, -0.15) is 21.2 Å². The molecule has 1 atom stereocenters. The maximum absolute atomic E-state index is 10.2. The monoisotopic (exact) mass is 215 g/mol. The lowest BCUT2D eigenvalue weighted by Crippen LogP contribution is -2.09. The van der Waals surface area contributed by atoms with E-state index in [1.807, 2.05) is 0 Å². The molecule has 0 aromatic rings. The Balaban J connectivity index is 4.06. The normalized spacial score (nSPS) is 13.8. The van der Waals surface area contributed by atoms with Crippen LogP contribution in [0.15, 0.2) is 4.36 Å². The summed E-state index contributed by atoms with van der Waals surface area (Å²) < 4.78 is 51.7. The summed E-state index contributed by atoms with van der Waals surface area (Å²) in [5.41, 5.74) is 0. The number of nitrogens with zero attached hydrogens (tertiary/aromatic N) is 1. The predicted molar refractivity (Wildman–Crippen MR) is 41.8 cm³/mol. The lowest BCUT2D eigenvalue weighted by molar-refractivity contribution is 0.478.